The number of likely N-dealkylation sites (N-methyl/N-ethyl adjacent to an activating group) is 2. The van der Waals surface area contributed by atoms with Crippen molar-refractivity contribution in [2.75, 3.05) is 33.7 Å². The van der Waals surface area contributed by atoms with Gasteiger partial charge in [-0.25, -0.2) is 0 Å². The van der Waals surface area contributed by atoms with Crippen molar-refractivity contribution in [1.29, 1.82) is 0 Å². The van der Waals surface area contributed by atoms with Gasteiger partial charge in [0.25, 0.3) is 0 Å². The topological polar surface area (TPSA) is 18.5 Å². The van der Waals surface area contributed by atoms with Crippen molar-refractivity contribution >= 4 is 0 Å². The van der Waals surface area contributed by atoms with Gasteiger partial charge in [0, 0.05) is 30.7 Å². The van der Waals surface area contributed by atoms with E-state index in [1.807, 2.05) is 0 Å². The monoisotopic (exact) mass is 227 g/mol. The van der Waals surface area contributed by atoms with Gasteiger partial charge in [-0.2, -0.15) is 0 Å². The lowest BCUT2D eigenvalue weighted by Gasteiger charge is -2.35. The number of hydrogen-bond donors (Lipinski definition) is 1. The Morgan fingerprint density at radius 1 is 1.38 bits per heavy atom. The summed E-state index contributed by atoms with van der Waals surface area (Å²) in [5.74, 6) is 0. The van der Waals surface area contributed by atoms with E-state index in [0.29, 0.717) is 17.6 Å². The molecule has 1 saturated heterocycles. The zero-order valence-electron chi connectivity index (χ0n) is 11.9. The minimum atomic E-state index is 0.315. The largest absolute Gasteiger partial charge is 0.310 e. The summed E-state index contributed by atoms with van der Waals surface area (Å²) in [5, 5.41) is 3.61. The Labute approximate surface area is 101 Å². The lowest BCUT2D eigenvalue weighted by molar-refractivity contribution is 0.133. The SMILES string of the molecule is CCN(C(C)CN(C)C)C1CNC(C)(C)C1. The van der Waals surface area contributed by atoms with E-state index < -0.39 is 0 Å². The first-order valence-electron chi connectivity index (χ1n) is 6.51. The molecule has 0 aliphatic carbocycles. The molecule has 1 aliphatic rings. The second-order valence-electron chi connectivity index (χ2n) is 6.06. The molecule has 2 atom stereocenters. The van der Waals surface area contributed by atoms with Gasteiger partial charge in [-0.15, -0.1) is 0 Å². The van der Waals surface area contributed by atoms with Crippen molar-refractivity contribution in [2.45, 2.75) is 51.7 Å². The molecule has 1 fully saturated rings. The second-order valence-corrected chi connectivity index (χ2v) is 6.06. The van der Waals surface area contributed by atoms with Crippen LogP contribution in [0.1, 0.15) is 34.1 Å². The summed E-state index contributed by atoms with van der Waals surface area (Å²) in [6.07, 6.45) is 1.26. The van der Waals surface area contributed by atoms with Crippen LogP contribution in [0.5, 0.6) is 0 Å². The third-order valence-electron chi connectivity index (χ3n) is 3.59. The summed E-state index contributed by atoms with van der Waals surface area (Å²) in [7, 11) is 4.31. The minimum Gasteiger partial charge on any atom is -0.310 e. The molecule has 3 heteroatoms. The highest BCUT2D eigenvalue weighted by molar-refractivity contribution is 4.95. The van der Waals surface area contributed by atoms with Crippen molar-refractivity contribution in [2.24, 2.45) is 0 Å². The molecular formula is C13H29N3. The normalized spacial score (nSPS) is 26.6. The van der Waals surface area contributed by atoms with Crippen LogP contribution < -0.4 is 5.32 Å². The van der Waals surface area contributed by atoms with E-state index in [4.69, 9.17) is 0 Å². The van der Waals surface area contributed by atoms with Gasteiger partial charge < -0.3 is 10.2 Å². The van der Waals surface area contributed by atoms with Gasteiger partial charge in [-0.1, -0.05) is 6.92 Å². The Bertz CT molecular complexity index is 213. The Balaban J connectivity index is 2.54. The van der Waals surface area contributed by atoms with E-state index in [0.717, 1.165) is 19.6 Å². The van der Waals surface area contributed by atoms with Gasteiger partial charge in [-0.05, 0) is 47.8 Å². The van der Waals surface area contributed by atoms with Crippen molar-refractivity contribution < 1.29 is 0 Å². The molecule has 0 aromatic rings. The zero-order valence-corrected chi connectivity index (χ0v) is 11.9. The Morgan fingerprint density at radius 3 is 2.38 bits per heavy atom. The second kappa shape index (κ2) is 5.48. The summed E-state index contributed by atoms with van der Waals surface area (Å²) >= 11 is 0. The van der Waals surface area contributed by atoms with E-state index in [9.17, 15) is 0 Å². The van der Waals surface area contributed by atoms with E-state index in [2.05, 4.69) is 56.9 Å². The summed E-state index contributed by atoms with van der Waals surface area (Å²) in [6, 6.07) is 1.34. The van der Waals surface area contributed by atoms with Crippen molar-refractivity contribution in [3.05, 3.63) is 0 Å². The summed E-state index contributed by atoms with van der Waals surface area (Å²) in [4.78, 5) is 4.92. The van der Waals surface area contributed by atoms with Crippen molar-refractivity contribution in [3.63, 3.8) is 0 Å². The predicted octanol–water partition coefficient (Wildman–Crippen LogP) is 1.40. The number of hydrogen-bond acceptors (Lipinski definition) is 3. The highest BCUT2D eigenvalue weighted by Gasteiger charge is 2.34. The maximum Gasteiger partial charge on any atom is 0.0241 e. The van der Waals surface area contributed by atoms with Crippen LogP contribution in [0.15, 0.2) is 0 Å². The van der Waals surface area contributed by atoms with Gasteiger partial charge in [0.2, 0.25) is 0 Å². The Kier molecular flexibility index (Phi) is 4.77. The van der Waals surface area contributed by atoms with Crippen LogP contribution in [0.4, 0.5) is 0 Å². The van der Waals surface area contributed by atoms with Crippen LogP contribution in [0.2, 0.25) is 0 Å². The third kappa shape index (κ3) is 3.72. The standard InChI is InChI=1S/C13H29N3/c1-7-16(11(2)10-15(5)6)12-8-13(3,4)14-9-12/h11-12,14H,7-10H2,1-6H3. The van der Waals surface area contributed by atoms with Crippen LogP contribution in [0, 0.1) is 0 Å². The van der Waals surface area contributed by atoms with Gasteiger partial charge >= 0.3 is 0 Å². The molecule has 16 heavy (non-hydrogen) atoms. The van der Waals surface area contributed by atoms with E-state index >= 15 is 0 Å². The molecule has 1 N–H and O–H groups in total. The maximum absolute atomic E-state index is 3.61. The van der Waals surface area contributed by atoms with Gasteiger partial charge in [0.1, 0.15) is 0 Å². The summed E-state index contributed by atoms with van der Waals surface area (Å²) in [5.41, 5.74) is 0.315. The van der Waals surface area contributed by atoms with Crippen LogP contribution in [-0.2, 0) is 0 Å². The smallest absolute Gasteiger partial charge is 0.0241 e. The molecule has 0 amide bonds. The molecular weight excluding hydrogens is 198 g/mol. The van der Waals surface area contributed by atoms with E-state index in [1.54, 1.807) is 0 Å². The Hall–Kier alpha value is -0.120. The van der Waals surface area contributed by atoms with Crippen LogP contribution in [0.3, 0.4) is 0 Å². The van der Waals surface area contributed by atoms with E-state index in [-0.39, 0.29) is 0 Å². The van der Waals surface area contributed by atoms with Gasteiger partial charge in [0.15, 0.2) is 0 Å². The molecule has 0 saturated carbocycles. The third-order valence-corrected chi connectivity index (χ3v) is 3.59. The molecule has 1 aliphatic heterocycles. The lowest BCUT2D eigenvalue weighted by atomic mass is 10.00. The number of nitrogens with one attached hydrogen (secondary N) is 1. The molecule has 0 bridgehead atoms. The van der Waals surface area contributed by atoms with Crippen LogP contribution in [0.25, 0.3) is 0 Å². The highest BCUT2D eigenvalue weighted by Crippen LogP contribution is 2.23. The fourth-order valence-electron chi connectivity index (χ4n) is 2.93. The minimum absolute atomic E-state index is 0.315. The molecule has 1 rings (SSSR count). The molecule has 0 radical (unpaired) electrons. The van der Waals surface area contributed by atoms with Crippen molar-refractivity contribution in [3.8, 4) is 0 Å². The molecule has 0 aromatic heterocycles. The van der Waals surface area contributed by atoms with Gasteiger partial charge in [-0.3, -0.25) is 4.90 Å². The fraction of sp³-hybridized carbons (Fsp3) is 1.00. The molecule has 0 aromatic carbocycles. The van der Waals surface area contributed by atoms with Crippen LogP contribution >= 0.6 is 0 Å². The average molecular weight is 227 g/mol. The van der Waals surface area contributed by atoms with E-state index in [1.165, 1.54) is 6.42 Å². The molecule has 1 heterocycles. The lowest BCUT2D eigenvalue weighted by Crippen LogP contribution is -2.46. The number of rotatable bonds is 5. The first kappa shape index (κ1) is 13.9. The predicted molar refractivity (Wildman–Crippen MR) is 70.9 cm³/mol. The molecule has 96 valence electrons. The first-order chi connectivity index (χ1) is 7.35. The molecule has 0 spiro atoms. The zero-order chi connectivity index (χ0) is 12.3. The van der Waals surface area contributed by atoms with Crippen LogP contribution in [-0.4, -0.2) is 61.2 Å². The molecule has 2 unspecified atom stereocenters. The highest BCUT2D eigenvalue weighted by atomic mass is 15.3. The molecule has 3 nitrogen and oxygen atoms in total. The summed E-state index contributed by atoms with van der Waals surface area (Å²) < 4.78 is 0. The van der Waals surface area contributed by atoms with Gasteiger partial charge in [0.05, 0.1) is 0 Å². The first-order valence-corrected chi connectivity index (χ1v) is 6.51. The number of nitrogens with zero attached hydrogens (tertiary/aromatic N) is 2. The Morgan fingerprint density at radius 2 is 2.00 bits per heavy atom. The maximum atomic E-state index is 3.61. The quantitative estimate of drug-likeness (QED) is 0.766. The fourth-order valence-corrected chi connectivity index (χ4v) is 2.93. The summed E-state index contributed by atoms with van der Waals surface area (Å²) in [6.45, 7) is 12.7. The van der Waals surface area contributed by atoms with Crippen molar-refractivity contribution in [1.82, 2.24) is 15.1 Å². The average Bonchev–Trinajstić information content (AvgIpc) is 2.46.